The van der Waals surface area contributed by atoms with Crippen LogP contribution in [0.4, 0.5) is 4.79 Å². The van der Waals surface area contributed by atoms with E-state index in [4.69, 9.17) is 4.74 Å². The first kappa shape index (κ1) is 20.9. The Morgan fingerprint density at radius 2 is 1.76 bits per heavy atom. The Balaban J connectivity index is 2.72. The SMILES string of the molecule is COC(=O)[C@H](CS(=O)(=O)NCc1ccccc1)NC(=O)OC(C)(C)C. The normalized spacial score (nSPS) is 13.0. The predicted molar refractivity (Wildman–Crippen MR) is 92.2 cm³/mol. The highest BCUT2D eigenvalue weighted by Gasteiger charge is 2.29. The van der Waals surface area contributed by atoms with Gasteiger partial charge in [0.15, 0.2) is 0 Å². The van der Waals surface area contributed by atoms with Gasteiger partial charge < -0.3 is 14.8 Å². The molecule has 0 fully saturated rings. The standard InChI is InChI=1S/C16H24N2O6S/c1-16(2,3)24-15(20)18-13(14(19)23-4)11-25(21,22)17-10-12-8-6-5-7-9-12/h5-9,13,17H,10-11H2,1-4H3,(H,18,20)/t13-/m0/s1. The van der Waals surface area contributed by atoms with Crippen LogP contribution in [0.1, 0.15) is 26.3 Å². The van der Waals surface area contributed by atoms with E-state index in [9.17, 15) is 18.0 Å². The lowest BCUT2D eigenvalue weighted by molar-refractivity contribution is -0.142. The maximum absolute atomic E-state index is 12.2. The third-order valence-corrected chi connectivity index (χ3v) is 4.26. The molecule has 0 heterocycles. The molecule has 0 aromatic heterocycles. The number of amides is 1. The number of carbonyl (C=O) groups excluding carboxylic acids is 2. The van der Waals surface area contributed by atoms with Crippen LogP contribution >= 0.6 is 0 Å². The minimum Gasteiger partial charge on any atom is -0.467 e. The summed E-state index contributed by atoms with van der Waals surface area (Å²) in [4.78, 5) is 23.6. The summed E-state index contributed by atoms with van der Waals surface area (Å²) < 4.78 is 36.3. The summed E-state index contributed by atoms with van der Waals surface area (Å²) in [5, 5.41) is 2.22. The first-order valence-electron chi connectivity index (χ1n) is 7.61. The van der Waals surface area contributed by atoms with Gasteiger partial charge in [0.05, 0.1) is 12.9 Å². The number of hydrogen-bond acceptors (Lipinski definition) is 6. The predicted octanol–water partition coefficient (Wildman–Crippen LogP) is 1.17. The lowest BCUT2D eigenvalue weighted by Crippen LogP contribution is -2.49. The number of sulfonamides is 1. The monoisotopic (exact) mass is 372 g/mol. The van der Waals surface area contributed by atoms with E-state index in [0.717, 1.165) is 12.7 Å². The van der Waals surface area contributed by atoms with Crippen LogP contribution in [0.15, 0.2) is 30.3 Å². The lowest BCUT2D eigenvalue weighted by atomic mass is 10.2. The third-order valence-electron chi connectivity index (χ3n) is 2.90. The first-order valence-corrected chi connectivity index (χ1v) is 9.26. The van der Waals surface area contributed by atoms with Crippen molar-refractivity contribution in [1.29, 1.82) is 0 Å². The van der Waals surface area contributed by atoms with Crippen LogP contribution < -0.4 is 10.0 Å². The molecule has 0 saturated heterocycles. The molecule has 0 unspecified atom stereocenters. The van der Waals surface area contributed by atoms with Gasteiger partial charge >= 0.3 is 12.1 Å². The number of esters is 1. The molecule has 1 aromatic rings. The minimum absolute atomic E-state index is 0.0729. The molecule has 0 aliphatic heterocycles. The zero-order valence-electron chi connectivity index (χ0n) is 14.7. The number of hydrogen-bond donors (Lipinski definition) is 2. The van der Waals surface area contributed by atoms with Crippen molar-refractivity contribution in [1.82, 2.24) is 10.0 Å². The van der Waals surface area contributed by atoms with Gasteiger partial charge in [-0.25, -0.2) is 22.7 Å². The average molecular weight is 372 g/mol. The van der Waals surface area contributed by atoms with Gasteiger partial charge in [-0.15, -0.1) is 0 Å². The van der Waals surface area contributed by atoms with E-state index >= 15 is 0 Å². The van der Waals surface area contributed by atoms with E-state index < -0.39 is 39.5 Å². The summed E-state index contributed by atoms with van der Waals surface area (Å²) in [6.07, 6.45) is -0.902. The van der Waals surface area contributed by atoms with Crippen molar-refractivity contribution in [3.05, 3.63) is 35.9 Å². The second-order valence-corrected chi connectivity index (χ2v) is 8.16. The number of carbonyl (C=O) groups is 2. The fraction of sp³-hybridized carbons (Fsp3) is 0.500. The number of alkyl carbamates (subject to hydrolysis) is 1. The van der Waals surface area contributed by atoms with E-state index in [-0.39, 0.29) is 6.54 Å². The largest absolute Gasteiger partial charge is 0.467 e. The van der Waals surface area contributed by atoms with Crippen molar-refractivity contribution in [2.75, 3.05) is 12.9 Å². The number of nitrogens with one attached hydrogen (secondary N) is 2. The maximum Gasteiger partial charge on any atom is 0.408 e. The van der Waals surface area contributed by atoms with Crippen molar-refractivity contribution in [2.45, 2.75) is 39.0 Å². The van der Waals surface area contributed by atoms with Gasteiger partial charge in [-0.2, -0.15) is 0 Å². The smallest absolute Gasteiger partial charge is 0.408 e. The molecular weight excluding hydrogens is 348 g/mol. The van der Waals surface area contributed by atoms with Crippen molar-refractivity contribution in [2.24, 2.45) is 0 Å². The molecule has 0 saturated carbocycles. The van der Waals surface area contributed by atoms with Crippen molar-refractivity contribution in [3.8, 4) is 0 Å². The van der Waals surface area contributed by atoms with E-state index in [2.05, 4.69) is 14.8 Å². The molecule has 0 aliphatic carbocycles. The molecule has 1 aromatic carbocycles. The molecule has 0 aliphatic rings. The zero-order chi connectivity index (χ0) is 19.1. The highest BCUT2D eigenvalue weighted by Crippen LogP contribution is 2.07. The van der Waals surface area contributed by atoms with Crippen molar-refractivity contribution < 1.29 is 27.5 Å². The molecule has 1 amide bonds. The van der Waals surface area contributed by atoms with E-state index in [1.807, 2.05) is 6.07 Å². The second-order valence-electron chi connectivity index (χ2n) is 6.31. The highest BCUT2D eigenvalue weighted by molar-refractivity contribution is 7.89. The number of benzene rings is 1. The van der Waals surface area contributed by atoms with Crippen molar-refractivity contribution >= 4 is 22.1 Å². The van der Waals surface area contributed by atoms with Crippen molar-refractivity contribution in [3.63, 3.8) is 0 Å². The third kappa shape index (κ3) is 8.50. The summed E-state index contributed by atoms with van der Waals surface area (Å²) in [5.74, 6) is -1.54. The average Bonchev–Trinajstić information content (AvgIpc) is 2.50. The van der Waals surface area contributed by atoms with E-state index in [1.165, 1.54) is 0 Å². The molecule has 1 rings (SSSR count). The minimum atomic E-state index is -3.84. The van der Waals surface area contributed by atoms with Gasteiger partial charge in [0, 0.05) is 6.54 Å². The van der Waals surface area contributed by atoms with Crippen LogP contribution in [0.2, 0.25) is 0 Å². The quantitative estimate of drug-likeness (QED) is 0.695. The molecule has 25 heavy (non-hydrogen) atoms. The Hall–Kier alpha value is -2.13. The lowest BCUT2D eigenvalue weighted by Gasteiger charge is -2.22. The second kappa shape index (κ2) is 8.82. The van der Waals surface area contributed by atoms with Crippen LogP contribution in [0.25, 0.3) is 0 Å². The Bertz CT molecular complexity index is 682. The van der Waals surface area contributed by atoms with E-state index in [0.29, 0.717) is 0 Å². The fourth-order valence-electron chi connectivity index (χ4n) is 1.83. The summed E-state index contributed by atoms with van der Waals surface area (Å²) in [7, 11) is -2.74. The Morgan fingerprint density at radius 1 is 1.16 bits per heavy atom. The molecule has 0 spiro atoms. The summed E-state index contributed by atoms with van der Waals surface area (Å²) >= 11 is 0. The molecule has 8 nitrogen and oxygen atoms in total. The molecule has 0 radical (unpaired) electrons. The molecule has 0 bridgehead atoms. The van der Waals surface area contributed by atoms with Gasteiger partial charge in [0.2, 0.25) is 10.0 Å². The van der Waals surface area contributed by atoms with Crippen LogP contribution in [-0.2, 0) is 30.8 Å². The fourth-order valence-corrected chi connectivity index (χ4v) is 2.99. The summed E-state index contributed by atoms with van der Waals surface area (Å²) in [6.45, 7) is 5.02. The van der Waals surface area contributed by atoms with Gasteiger partial charge in [0.1, 0.15) is 11.6 Å². The van der Waals surface area contributed by atoms with Gasteiger partial charge in [-0.1, -0.05) is 30.3 Å². The molecule has 1 atom stereocenters. The topological polar surface area (TPSA) is 111 Å². The van der Waals surface area contributed by atoms with Crippen LogP contribution in [0.5, 0.6) is 0 Å². The van der Waals surface area contributed by atoms with E-state index in [1.54, 1.807) is 45.0 Å². The number of rotatable bonds is 7. The van der Waals surface area contributed by atoms with Gasteiger partial charge in [-0.3, -0.25) is 0 Å². The molecule has 2 N–H and O–H groups in total. The molecule has 140 valence electrons. The number of ether oxygens (including phenoxy) is 2. The van der Waals surface area contributed by atoms with Crippen LogP contribution in [0.3, 0.4) is 0 Å². The Kier molecular flexibility index (Phi) is 7.38. The van der Waals surface area contributed by atoms with Crippen LogP contribution in [-0.4, -0.2) is 45.0 Å². The first-order chi connectivity index (χ1) is 11.5. The zero-order valence-corrected chi connectivity index (χ0v) is 15.6. The van der Waals surface area contributed by atoms with Gasteiger partial charge in [0.25, 0.3) is 0 Å². The molecular formula is C16H24N2O6S. The maximum atomic E-state index is 12.2. The Morgan fingerprint density at radius 3 is 2.28 bits per heavy atom. The Labute approximate surface area is 147 Å². The summed E-state index contributed by atoms with van der Waals surface area (Å²) in [5.41, 5.74) is -0.0179. The number of methoxy groups -OCH3 is 1. The summed E-state index contributed by atoms with van der Waals surface area (Å²) in [6, 6.07) is 7.53. The van der Waals surface area contributed by atoms with Crippen LogP contribution in [0, 0.1) is 0 Å². The van der Waals surface area contributed by atoms with Gasteiger partial charge in [-0.05, 0) is 26.3 Å². The molecule has 9 heteroatoms. The highest BCUT2D eigenvalue weighted by atomic mass is 32.2.